The molecule has 1 heterocycles. The topological polar surface area (TPSA) is 71.1 Å². The van der Waals surface area contributed by atoms with Gasteiger partial charge in [-0.1, -0.05) is 30.3 Å². The molecule has 2 aliphatic rings. The first-order chi connectivity index (χ1) is 14.3. The van der Waals surface area contributed by atoms with Crippen molar-refractivity contribution in [2.45, 2.75) is 70.7 Å². The molecule has 3 rings (SSSR count). The third-order valence-corrected chi connectivity index (χ3v) is 5.71. The summed E-state index contributed by atoms with van der Waals surface area (Å²) in [6.07, 6.45) is 3.46. The number of ether oxygens (including phenoxy) is 2. The molecule has 0 spiro atoms. The number of hydrogen-bond acceptors (Lipinski definition) is 5. The Bertz CT molecular complexity index is 688. The second kappa shape index (κ2) is 10.2. The second-order valence-electron chi connectivity index (χ2n) is 9.21. The van der Waals surface area contributed by atoms with Gasteiger partial charge in [0.1, 0.15) is 12.2 Å². The number of nitrogens with zero attached hydrogens (tertiary/aromatic N) is 2. The van der Waals surface area contributed by atoms with Crippen molar-refractivity contribution in [3.63, 3.8) is 0 Å². The largest absolute Gasteiger partial charge is 0.445 e. The van der Waals surface area contributed by atoms with Crippen LogP contribution in [-0.2, 0) is 16.1 Å². The van der Waals surface area contributed by atoms with Crippen LogP contribution in [0.5, 0.6) is 0 Å². The van der Waals surface area contributed by atoms with Crippen LogP contribution < -0.4 is 5.32 Å². The summed E-state index contributed by atoms with van der Waals surface area (Å²) in [5.41, 5.74) is 0.531. The summed E-state index contributed by atoms with van der Waals surface area (Å²) < 4.78 is 10.8. The van der Waals surface area contributed by atoms with Crippen molar-refractivity contribution < 1.29 is 19.1 Å². The fraction of sp³-hybridized carbons (Fsp3) is 0.652. The molecule has 0 unspecified atom stereocenters. The maximum absolute atomic E-state index is 12.2. The Morgan fingerprint density at radius 3 is 2.23 bits per heavy atom. The Morgan fingerprint density at radius 2 is 1.63 bits per heavy atom. The standard InChI is InChI=1S/C23H35N3O4/c1-23(2,3)30-22(28)26-15-13-25(14-16-26)20-11-9-19(10-12-20)24-21(27)29-17-18-7-5-4-6-8-18/h4-8,19-20H,9-17H2,1-3H3,(H,24,27)/t19-,20-. The van der Waals surface area contributed by atoms with Gasteiger partial charge >= 0.3 is 12.2 Å². The van der Waals surface area contributed by atoms with Gasteiger partial charge in [0.05, 0.1) is 0 Å². The minimum atomic E-state index is -0.457. The normalized spacial score (nSPS) is 23.0. The van der Waals surface area contributed by atoms with Crippen LogP contribution in [0, 0.1) is 0 Å². The first-order valence-electron chi connectivity index (χ1n) is 11.0. The van der Waals surface area contributed by atoms with Gasteiger partial charge in [0.2, 0.25) is 0 Å². The van der Waals surface area contributed by atoms with Gasteiger partial charge < -0.3 is 19.7 Å². The molecule has 0 aromatic heterocycles. The van der Waals surface area contributed by atoms with E-state index in [-0.39, 0.29) is 18.2 Å². The Morgan fingerprint density at radius 1 is 1.00 bits per heavy atom. The molecule has 7 nitrogen and oxygen atoms in total. The fourth-order valence-electron chi connectivity index (χ4n) is 4.11. The van der Waals surface area contributed by atoms with Gasteiger partial charge in [0, 0.05) is 38.3 Å². The van der Waals surface area contributed by atoms with Gasteiger partial charge in [0.15, 0.2) is 0 Å². The van der Waals surface area contributed by atoms with Crippen LogP contribution in [0.4, 0.5) is 9.59 Å². The molecule has 1 aromatic rings. The summed E-state index contributed by atoms with van der Waals surface area (Å²) in [5.74, 6) is 0. The van der Waals surface area contributed by atoms with Crippen molar-refractivity contribution in [3.05, 3.63) is 35.9 Å². The number of hydrogen-bond donors (Lipinski definition) is 1. The summed E-state index contributed by atoms with van der Waals surface area (Å²) in [7, 11) is 0. The molecule has 1 aromatic carbocycles. The number of alkyl carbamates (subject to hydrolysis) is 1. The van der Waals surface area contributed by atoms with Crippen molar-refractivity contribution in [1.29, 1.82) is 0 Å². The van der Waals surface area contributed by atoms with Crippen molar-refractivity contribution in [1.82, 2.24) is 15.1 Å². The van der Waals surface area contributed by atoms with Crippen LogP contribution in [0.1, 0.15) is 52.0 Å². The van der Waals surface area contributed by atoms with Crippen LogP contribution in [0.15, 0.2) is 30.3 Å². The molecule has 0 atom stereocenters. The van der Waals surface area contributed by atoms with Crippen molar-refractivity contribution >= 4 is 12.2 Å². The molecule has 0 radical (unpaired) electrons. The maximum atomic E-state index is 12.2. The lowest BCUT2D eigenvalue weighted by Gasteiger charge is -2.42. The second-order valence-corrected chi connectivity index (χ2v) is 9.21. The number of carbonyl (C=O) groups is 2. The first-order valence-corrected chi connectivity index (χ1v) is 11.0. The van der Waals surface area contributed by atoms with Crippen LogP contribution in [0.2, 0.25) is 0 Å². The quantitative estimate of drug-likeness (QED) is 0.807. The Kier molecular flexibility index (Phi) is 7.58. The van der Waals surface area contributed by atoms with E-state index in [2.05, 4.69) is 10.2 Å². The molecule has 1 aliphatic heterocycles. The fourth-order valence-corrected chi connectivity index (χ4v) is 4.11. The average Bonchev–Trinajstić information content (AvgIpc) is 2.72. The number of rotatable bonds is 4. The molecule has 2 fully saturated rings. The van der Waals surface area contributed by atoms with Gasteiger partial charge in [-0.3, -0.25) is 4.90 Å². The van der Waals surface area contributed by atoms with Gasteiger partial charge in [-0.2, -0.15) is 0 Å². The van der Waals surface area contributed by atoms with E-state index in [1.807, 2.05) is 51.1 Å². The van der Waals surface area contributed by atoms with Crippen molar-refractivity contribution in [2.24, 2.45) is 0 Å². The molecular weight excluding hydrogens is 382 g/mol. The lowest BCUT2D eigenvalue weighted by atomic mass is 9.90. The lowest BCUT2D eigenvalue weighted by molar-refractivity contribution is 0.00771. The van der Waals surface area contributed by atoms with Gasteiger partial charge in [0.25, 0.3) is 0 Å². The minimum Gasteiger partial charge on any atom is -0.445 e. The zero-order valence-electron chi connectivity index (χ0n) is 18.4. The van der Waals surface area contributed by atoms with Crippen LogP contribution >= 0.6 is 0 Å². The van der Waals surface area contributed by atoms with E-state index in [9.17, 15) is 9.59 Å². The number of nitrogens with one attached hydrogen (secondary N) is 1. The van der Waals surface area contributed by atoms with E-state index >= 15 is 0 Å². The third kappa shape index (κ3) is 6.90. The molecular formula is C23H35N3O4. The summed E-state index contributed by atoms with van der Waals surface area (Å²) in [5, 5.41) is 3.01. The number of carbonyl (C=O) groups excluding carboxylic acids is 2. The number of benzene rings is 1. The first kappa shape index (κ1) is 22.4. The van der Waals surface area contributed by atoms with Crippen LogP contribution in [0.25, 0.3) is 0 Å². The predicted octanol–water partition coefficient (Wildman–Crippen LogP) is 3.78. The van der Waals surface area contributed by atoms with Gasteiger partial charge in [-0.15, -0.1) is 0 Å². The highest BCUT2D eigenvalue weighted by Crippen LogP contribution is 2.24. The molecule has 0 bridgehead atoms. The molecule has 30 heavy (non-hydrogen) atoms. The van der Waals surface area contributed by atoms with E-state index in [1.54, 1.807) is 4.90 Å². The van der Waals surface area contributed by atoms with E-state index in [4.69, 9.17) is 9.47 Å². The van der Waals surface area contributed by atoms with Crippen molar-refractivity contribution in [2.75, 3.05) is 26.2 Å². The highest BCUT2D eigenvalue weighted by molar-refractivity contribution is 5.68. The van der Waals surface area contributed by atoms with E-state index in [1.165, 1.54) is 0 Å². The SMILES string of the molecule is CC(C)(C)OC(=O)N1CCN([C@H]2CC[C@H](NC(=O)OCc3ccccc3)CC2)CC1. The minimum absolute atomic E-state index is 0.174. The summed E-state index contributed by atoms with van der Waals surface area (Å²) in [6.45, 7) is 9.14. The number of piperazine rings is 1. The molecule has 166 valence electrons. The molecule has 7 heteroatoms. The number of amides is 2. The van der Waals surface area contributed by atoms with Crippen LogP contribution in [0.3, 0.4) is 0 Å². The third-order valence-electron chi connectivity index (χ3n) is 5.71. The summed E-state index contributed by atoms with van der Waals surface area (Å²) in [4.78, 5) is 28.6. The Hall–Kier alpha value is -2.28. The molecule has 1 saturated carbocycles. The maximum Gasteiger partial charge on any atom is 0.410 e. The lowest BCUT2D eigenvalue weighted by Crippen LogP contribution is -2.54. The van der Waals surface area contributed by atoms with Gasteiger partial charge in [-0.05, 0) is 52.0 Å². The molecule has 1 aliphatic carbocycles. The van der Waals surface area contributed by atoms with Crippen LogP contribution in [-0.4, -0.2) is 65.9 Å². The molecule has 2 amide bonds. The Balaban J connectivity index is 1.34. The molecule has 1 N–H and O–H groups in total. The monoisotopic (exact) mass is 417 g/mol. The predicted molar refractivity (Wildman–Crippen MR) is 115 cm³/mol. The summed E-state index contributed by atoms with van der Waals surface area (Å²) >= 11 is 0. The van der Waals surface area contributed by atoms with Gasteiger partial charge in [-0.25, -0.2) is 9.59 Å². The van der Waals surface area contributed by atoms with Crippen molar-refractivity contribution in [3.8, 4) is 0 Å². The highest BCUT2D eigenvalue weighted by Gasteiger charge is 2.31. The zero-order chi connectivity index (χ0) is 21.6. The smallest absolute Gasteiger partial charge is 0.410 e. The average molecular weight is 418 g/mol. The molecule has 1 saturated heterocycles. The van der Waals surface area contributed by atoms with E-state index in [0.717, 1.165) is 44.3 Å². The van der Waals surface area contributed by atoms with E-state index < -0.39 is 5.60 Å². The zero-order valence-corrected chi connectivity index (χ0v) is 18.4. The Labute approximate surface area is 179 Å². The summed E-state index contributed by atoms with van der Waals surface area (Å²) in [6, 6.07) is 10.4. The highest BCUT2D eigenvalue weighted by atomic mass is 16.6. The van der Waals surface area contributed by atoms with E-state index in [0.29, 0.717) is 25.7 Å².